The fourth-order valence-electron chi connectivity index (χ4n) is 2.00. The van der Waals surface area contributed by atoms with Crippen molar-refractivity contribution in [3.05, 3.63) is 41.4 Å². The molecule has 1 aromatic carbocycles. The minimum absolute atomic E-state index is 0.0535. The molecule has 1 heterocycles. The molecule has 0 bridgehead atoms. The van der Waals surface area contributed by atoms with E-state index in [1.165, 1.54) is 16.8 Å². The molecule has 24 heavy (non-hydrogen) atoms. The van der Waals surface area contributed by atoms with Crippen LogP contribution in [0.15, 0.2) is 35.8 Å². The number of carbonyl (C=O) groups is 2. The smallest absolute Gasteiger partial charge is 0.408 e. The molecule has 1 aromatic heterocycles. The Labute approximate surface area is 144 Å². The topological polar surface area (TPSA) is 93.2 Å². The number of alkyl carbamates (subject to hydrolysis) is 1. The molecule has 0 fully saturated rings. The zero-order chi connectivity index (χ0) is 17.4. The normalized spacial score (nSPS) is 12.9. The highest BCUT2D eigenvalue weighted by atomic mass is 32.1. The number of anilines is 1. The number of amides is 2. The van der Waals surface area contributed by atoms with Crippen LogP contribution in [0.3, 0.4) is 0 Å². The van der Waals surface area contributed by atoms with Gasteiger partial charge in [0.15, 0.2) is 0 Å². The van der Waals surface area contributed by atoms with Crippen LogP contribution in [-0.2, 0) is 16.1 Å². The van der Waals surface area contributed by atoms with Crippen LogP contribution >= 0.6 is 11.3 Å². The van der Waals surface area contributed by atoms with Crippen LogP contribution in [0.1, 0.15) is 25.8 Å². The second-order valence-electron chi connectivity index (χ2n) is 5.30. The standard InChI is InChI=1S/C16H20N4O3S/c1-3-11(2)13(14(21)19-15-20-17-10-24-15)18-16(22)23-9-12-7-5-4-6-8-12/h4-8,10-11,13H,3,9H2,1-2H3,(H,18,22)(H,19,20,21)/t11?,13-/m0/s1. The van der Waals surface area contributed by atoms with Crippen molar-refractivity contribution < 1.29 is 14.3 Å². The van der Waals surface area contributed by atoms with E-state index >= 15 is 0 Å². The number of aromatic nitrogens is 2. The quantitative estimate of drug-likeness (QED) is 0.802. The van der Waals surface area contributed by atoms with Gasteiger partial charge in [0.25, 0.3) is 0 Å². The molecule has 8 heteroatoms. The summed E-state index contributed by atoms with van der Waals surface area (Å²) in [6, 6.07) is 8.65. The summed E-state index contributed by atoms with van der Waals surface area (Å²) in [7, 11) is 0. The van der Waals surface area contributed by atoms with Gasteiger partial charge in [-0.05, 0) is 11.5 Å². The average Bonchev–Trinajstić information content (AvgIpc) is 3.11. The number of carbonyl (C=O) groups excluding carboxylic acids is 2. The van der Waals surface area contributed by atoms with E-state index in [4.69, 9.17) is 4.74 Å². The SMILES string of the molecule is CCC(C)[C@H](NC(=O)OCc1ccccc1)C(=O)Nc1nncs1. The lowest BCUT2D eigenvalue weighted by Gasteiger charge is -2.22. The van der Waals surface area contributed by atoms with Crippen LogP contribution in [-0.4, -0.2) is 28.2 Å². The number of rotatable bonds is 7. The van der Waals surface area contributed by atoms with Crippen LogP contribution in [0.5, 0.6) is 0 Å². The predicted molar refractivity (Wildman–Crippen MR) is 91.5 cm³/mol. The number of ether oxygens (including phenoxy) is 1. The molecular formula is C16H20N4O3S. The van der Waals surface area contributed by atoms with E-state index in [2.05, 4.69) is 20.8 Å². The van der Waals surface area contributed by atoms with Gasteiger partial charge in [-0.3, -0.25) is 10.1 Å². The Morgan fingerprint density at radius 2 is 2.04 bits per heavy atom. The Balaban J connectivity index is 1.92. The third-order valence-electron chi connectivity index (χ3n) is 3.57. The summed E-state index contributed by atoms with van der Waals surface area (Å²) in [5.74, 6) is -0.389. The molecule has 2 N–H and O–H groups in total. The van der Waals surface area contributed by atoms with E-state index in [0.717, 1.165) is 12.0 Å². The van der Waals surface area contributed by atoms with Crippen LogP contribution in [0.25, 0.3) is 0 Å². The van der Waals surface area contributed by atoms with Crippen LogP contribution in [0.2, 0.25) is 0 Å². The minimum atomic E-state index is -0.706. The largest absolute Gasteiger partial charge is 0.445 e. The second kappa shape index (κ2) is 8.97. The zero-order valence-electron chi connectivity index (χ0n) is 13.6. The van der Waals surface area contributed by atoms with E-state index in [1.54, 1.807) is 0 Å². The molecule has 7 nitrogen and oxygen atoms in total. The second-order valence-corrected chi connectivity index (χ2v) is 6.14. The number of hydrogen-bond donors (Lipinski definition) is 2. The lowest BCUT2D eigenvalue weighted by molar-refractivity contribution is -0.119. The van der Waals surface area contributed by atoms with E-state index < -0.39 is 12.1 Å². The summed E-state index contributed by atoms with van der Waals surface area (Å²) in [6.07, 6.45) is 0.101. The summed E-state index contributed by atoms with van der Waals surface area (Å²) >= 11 is 1.22. The molecule has 2 rings (SSSR count). The van der Waals surface area contributed by atoms with Crippen molar-refractivity contribution in [1.29, 1.82) is 0 Å². The van der Waals surface area contributed by atoms with Gasteiger partial charge >= 0.3 is 6.09 Å². The lowest BCUT2D eigenvalue weighted by Crippen LogP contribution is -2.47. The van der Waals surface area contributed by atoms with Gasteiger partial charge in [-0.15, -0.1) is 10.2 Å². The predicted octanol–water partition coefficient (Wildman–Crippen LogP) is 2.82. The number of benzene rings is 1. The fourth-order valence-corrected chi connectivity index (χ4v) is 2.45. The molecule has 1 unspecified atom stereocenters. The third-order valence-corrected chi connectivity index (χ3v) is 4.18. The summed E-state index contributed by atoms with van der Waals surface area (Å²) in [6.45, 7) is 3.99. The molecule has 2 aromatic rings. The minimum Gasteiger partial charge on any atom is -0.445 e. The summed E-state index contributed by atoms with van der Waals surface area (Å²) in [4.78, 5) is 24.4. The van der Waals surface area contributed by atoms with Crippen molar-refractivity contribution in [1.82, 2.24) is 15.5 Å². The Kier molecular flexibility index (Phi) is 6.68. The van der Waals surface area contributed by atoms with Crippen molar-refractivity contribution in [3.8, 4) is 0 Å². The summed E-state index contributed by atoms with van der Waals surface area (Å²) in [5.41, 5.74) is 2.40. The van der Waals surface area contributed by atoms with Crippen LogP contribution in [0, 0.1) is 5.92 Å². The van der Waals surface area contributed by atoms with Crippen LogP contribution in [0.4, 0.5) is 9.93 Å². The van der Waals surface area contributed by atoms with E-state index in [1.807, 2.05) is 44.2 Å². The molecular weight excluding hydrogens is 328 g/mol. The van der Waals surface area contributed by atoms with Gasteiger partial charge in [0, 0.05) is 0 Å². The van der Waals surface area contributed by atoms with Crippen molar-refractivity contribution in [2.24, 2.45) is 5.92 Å². The number of nitrogens with one attached hydrogen (secondary N) is 2. The van der Waals surface area contributed by atoms with Gasteiger partial charge in [0.2, 0.25) is 11.0 Å². The van der Waals surface area contributed by atoms with Crippen molar-refractivity contribution in [3.63, 3.8) is 0 Å². The highest BCUT2D eigenvalue weighted by Gasteiger charge is 2.27. The molecule has 0 aliphatic carbocycles. The molecule has 2 atom stereocenters. The van der Waals surface area contributed by atoms with E-state index in [-0.39, 0.29) is 18.4 Å². The van der Waals surface area contributed by atoms with E-state index in [9.17, 15) is 9.59 Å². The highest BCUT2D eigenvalue weighted by molar-refractivity contribution is 7.13. The molecule has 128 valence electrons. The molecule has 0 saturated carbocycles. The van der Waals surface area contributed by atoms with Gasteiger partial charge < -0.3 is 10.1 Å². The van der Waals surface area contributed by atoms with Gasteiger partial charge in [-0.25, -0.2) is 4.79 Å². The molecule has 0 saturated heterocycles. The van der Waals surface area contributed by atoms with Gasteiger partial charge in [-0.1, -0.05) is 61.9 Å². The number of nitrogens with zero attached hydrogens (tertiary/aromatic N) is 2. The average molecular weight is 348 g/mol. The van der Waals surface area contributed by atoms with Crippen molar-refractivity contribution >= 4 is 28.5 Å². The first kappa shape index (κ1) is 17.9. The molecule has 0 spiro atoms. The van der Waals surface area contributed by atoms with Gasteiger partial charge in [0.05, 0.1) is 0 Å². The maximum absolute atomic E-state index is 12.4. The Bertz CT molecular complexity index is 649. The monoisotopic (exact) mass is 348 g/mol. The lowest BCUT2D eigenvalue weighted by atomic mass is 9.98. The molecule has 2 amide bonds. The zero-order valence-corrected chi connectivity index (χ0v) is 14.4. The Morgan fingerprint density at radius 1 is 1.29 bits per heavy atom. The third kappa shape index (κ3) is 5.31. The first-order chi connectivity index (χ1) is 11.6. The number of hydrogen-bond acceptors (Lipinski definition) is 6. The van der Waals surface area contributed by atoms with Gasteiger partial charge in [0.1, 0.15) is 18.2 Å². The molecule has 0 radical (unpaired) electrons. The summed E-state index contributed by atoms with van der Waals surface area (Å²) < 4.78 is 5.18. The van der Waals surface area contributed by atoms with Crippen molar-refractivity contribution in [2.45, 2.75) is 32.9 Å². The molecule has 0 aliphatic rings. The van der Waals surface area contributed by atoms with Crippen molar-refractivity contribution in [2.75, 3.05) is 5.32 Å². The van der Waals surface area contributed by atoms with Crippen LogP contribution < -0.4 is 10.6 Å². The maximum Gasteiger partial charge on any atom is 0.408 e. The first-order valence-corrected chi connectivity index (χ1v) is 8.52. The Morgan fingerprint density at radius 3 is 2.67 bits per heavy atom. The summed E-state index contributed by atoms with van der Waals surface area (Å²) in [5, 5.41) is 13.1. The molecule has 0 aliphatic heterocycles. The van der Waals surface area contributed by atoms with E-state index in [0.29, 0.717) is 5.13 Å². The fraction of sp³-hybridized carbons (Fsp3) is 0.375. The first-order valence-electron chi connectivity index (χ1n) is 7.64. The highest BCUT2D eigenvalue weighted by Crippen LogP contribution is 2.13. The maximum atomic E-state index is 12.4. The Hall–Kier alpha value is -2.48. The van der Waals surface area contributed by atoms with Gasteiger partial charge in [-0.2, -0.15) is 0 Å².